The third-order valence-electron chi connectivity index (χ3n) is 9.69. The van der Waals surface area contributed by atoms with E-state index in [4.69, 9.17) is 14.3 Å². The van der Waals surface area contributed by atoms with Crippen LogP contribution in [0.3, 0.4) is 0 Å². The molecule has 3 atom stereocenters. The standard InChI is InChI=1S/C36H41F3N6O5/c1-5-24-27(38)8-7-20-13-23(46)14-25(28(20)24)30-29(39)31-26(16-40-30)32(41-22-9-12-49-45(18-22)34(47)50-35(2,3)4)43-33(42-31)48-19-36-10-6-11-44(36)17-21(37)15-36/h7-8,13-14,16,21-22,46H,5-6,9-12,15,17-19H2,1-4H3,(H,41,42,43)/t21-,22?,36+/m1/s1. The molecule has 2 N–H and O–H groups in total. The topological polar surface area (TPSA) is 122 Å². The van der Waals surface area contributed by atoms with Crippen molar-refractivity contribution in [1.29, 1.82) is 0 Å². The number of carbonyl (C=O) groups excluding carboxylic acids is 1. The van der Waals surface area contributed by atoms with E-state index in [2.05, 4.69) is 25.2 Å². The van der Waals surface area contributed by atoms with Gasteiger partial charge in [-0.15, -0.1) is 0 Å². The number of phenols is 1. The van der Waals surface area contributed by atoms with E-state index < -0.39 is 35.0 Å². The van der Waals surface area contributed by atoms with E-state index in [9.17, 15) is 18.7 Å². The van der Waals surface area contributed by atoms with Crippen molar-refractivity contribution in [2.45, 2.75) is 83.2 Å². The maximum atomic E-state index is 16.9. The molecule has 266 valence electrons. The van der Waals surface area contributed by atoms with Gasteiger partial charge >= 0.3 is 12.1 Å². The first-order valence-corrected chi connectivity index (χ1v) is 17.1. The maximum absolute atomic E-state index is 16.9. The van der Waals surface area contributed by atoms with E-state index >= 15 is 4.39 Å². The summed E-state index contributed by atoms with van der Waals surface area (Å²) in [5.74, 6) is -1.18. The second-order valence-electron chi connectivity index (χ2n) is 14.4. The Bertz CT molecular complexity index is 1960. The van der Waals surface area contributed by atoms with Crippen LogP contribution in [-0.4, -0.2) is 92.3 Å². The van der Waals surface area contributed by atoms with Gasteiger partial charge < -0.3 is 19.9 Å². The molecule has 2 aromatic heterocycles. The van der Waals surface area contributed by atoms with Crippen LogP contribution < -0.4 is 10.1 Å². The highest BCUT2D eigenvalue weighted by Crippen LogP contribution is 2.41. The SMILES string of the molecule is CCc1c(F)ccc2cc(O)cc(-c3ncc4c(NC5CCON(C(=O)OC(C)(C)C)C5)nc(OC[C@@]56CCCN5C[C@H](F)C6)nc4c3F)c12. The number of phenolic OH excluding ortho intramolecular Hbond substituents is 1. The molecular weight excluding hydrogens is 653 g/mol. The van der Waals surface area contributed by atoms with E-state index in [0.717, 1.165) is 24.4 Å². The quantitative estimate of drug-likeness (QED) is 0.216. The van der Waals surface area contributed by atoms with E-state index in [-0.39, 0.29) is 65.5 Å². The van der Waals surface area contributed by atoms with Gasteiger partial charge in [-0.25, -0.2) is 18.0 Å². The number of fused-ring (bicyclic) bond motifs is 3. The second kappa shape index (κ2) is 13.0. The predicted molar refractivity (Wildman–Crippen MR) is 181 cm³/mol. The number of ether oxygens (including phenoxy) is 2. The van der Waals surface area contributed by atoms with Crippen molar-refractivity contribution < 1.29 is 37.4 Å². The van der Waals surface area contributed by atoms with Crippen LogP contribution in [0.2, 0.25) is 0 Å². The Kier molecular flexibility index (Phi) is 8.87. The summed E-state index contributed by atoms with van der Waals surface area (Å²) in [5.41, 5.74) is -0.886. The highest BCUT2D eigenvalue weighted by molar-refractivity contribution is 6.01. The van der Waals surface area contributed by atoms with Crippen molar-refractivity contribution in [1.82, 2.24) is 24.9 Å². The summed E-state index contributed by atoms with van der Waals surface area (Å²) >= 11 is 0. The molecule has 0 saturated carbocycles. The lowest BCUT2D eigenvalue weighted by Gasteiger charge is -2.34. The first-order valence-electron chi connectivity index (χ1n) is 17.1. The Morgan fingerprint density at radius 1 is 1.20 bits per heavy atom. The average molecular weight is 695 g/mol. The number of halogens is 3. The third kappa shape index (κ3) is 6.46. The number of anilines is 1. The van der Waals surface area contributed by atoms with E-state index in [1.807, 2.05) is 0 Å². The number of benzene rings is 2. The minimum absolute atomic E-state index is 0.111. The molecule has 2 aromatic carbocycles. The number of aromatic hydroxyl groups is 1. The van der Waals surface area contributed by atoms with Crippen LogP contribution in [0.25, 0.3) is 32.9 Å². The molecule has 1 unspecified atom stereocenters. The summed E-state index contributed by atoms with van der Waals surface area (Å²) in [5, 5.41) is 16.3. The molecule has 0 aliphatic carbocycles. The van der Waals surface area contributed by atoms with Gasteiger partial charge in [-0.1, -0.05) is 13.0 Å². The summed E-state index contributed by atoms with van der Waals surface area (Å²) in [6.07, 6.45) is 2.66. The molecule has 1 amide bonds. The normalized spacial score (nSPS) is 22.7. The summed E-state index contributed by atoms with van der Waals surface area (Å²) in [6, 6.07) is 5.23. The molecule has 0 radical (unpaired) electrons. The van der Waals surface area contributed by atoms with Crippen LogP contribution in [0.15, 0.2) is 30.5 Å². The molecule has 3 fully saturated rings. The monoisotopic (exact) mass is 694 g/mol. The molecule has 7 rings (SSSR count). The Balaban J connectivity index is 1.30. The molecular formula is C36H41F3N6O5. The molecule has 5 heterocycles. The van der Waals surface area contributed by atoms with Gasteiger partial charge in [0.25, 0.3) is 0 Å². The van der Waals surface area contributed by atoms with Crippen molar-refractivity contribution in [2.75, 3.05) is 38.2 Å². The van der Waals surface area contributed by atoms with Crippen molar-refractivity contribution in [3.63, 3.8) is 0 Å². The third-order valence-corrected chi connectivity index (χ3v) is 9.69. The second-order valence-corrected chi connectivity index (χ2v) is 14.4. The Hall–Kier alpha value is -4.43. The number of hydrogen-bond acceptors (Lipinski definition) is 10. The van der Waals surface area contributed by atoms with Gasteiger partial charge in [0.2, 0.25) is 0 Å². The molecule has 14 heteroatoms. The summed E-state index contributed by atoms with van der Waals surface area (Å²) in [6.45, 7) is 8.65. The Morgan fingerprint density at radius 3 is 2.80 bits per heavy atom. The van der Waals surface area contributed by atoms with Gasteiger partial charge in [-0.2, -0.15) is 15.0 Å². The van der Waals surface area contributed by atoms with Crippen molar-refractivity contribution in [3.05, 3.63) is 47.7 Å². The van der Waals surface area contributed by atoms with Crippen molar-refractivity contribution >= 4 is 33.6 Å². The molecule has 50 heavy (non-hydrogen) atoms. The highest BCUT2D eigenvalue weighted by atomic mass is 19.1. The van der Waals surface area contributed by atoms with Gasteiger partial charge in [0.1, 0.15) is 47.0 Å². The first kappa shape index (κ1) is 34.0. The van der Waals surface area contributed by atoms with Gasteiger partial charge in [0.05, 0.1) is 30.1 Å². The van der Waals surface area contributed by atoms with Crippen LogP contribution in [0.1, 0.15) is 58.9 Å². The van der Waals surface area contributed by atoms with E-state index in [1.165, 1.54) is 30.5 Å². The predicted octanol–water partition coefficient (Wildman–Crippen LogP) is 6.70. The summed E-state index contributed by atoms with van der Waals surface area (Å²) in [7, 11) is 0. The number of nitrogens with one attached hydrogen (secondary N) is 1. The van der Waals surface area contributed by atoms with Gasteiger partial charge in [-0.3, -0.25) is 14.7 Å². The molecule has 3 saturated heterocycles. The fraction of sp³-hybridized carbons (Fsp3) is 0.500. The fourth-order valence-electron chi connectivity index (χ4n) is 7.48. The minimum Gasteiger partial charge on any atom is -0.508 e. The summed E-state index contributed by atoms with van der Waals surface area (Å²) < 4.78 is 58.0. The molecule has 3 aliphatic rings. The molecule has 4 aromatic rings. The van der Waals surface area contributed by atoms with Crippen LogP contribution >= 0.6 is 0 Å². The average Bonchev–Trinajstić information content (AvgIpc) is 3.59. The van der Waals surface area contributed by atoms with Crippen LogP contribution in [0.5, 0.6) is 11.8 Å². The number of rotatable bonds is 7. The van der Waals surface area contributed by atoms with Crippen LogP contribution in [0.4, 0.5) is 23.8 Å². The molecule has 0 bridgehead atoms. The Labute approximate surface area is 287 Å². The number of alkyl halides is 1. The first-order chi connectivity index (χ1) is 23.8. The Morgan fingerprint density at radius 2 is 2.02 bits per heavy atom. The number of aryl methyl sites for hydroxylation is 1. The number of aromatic nitrogens is 3. The van der Waals surface area contributed by atoms with Gasteiger partial charge in [0, 0.05) is 24.7 Å². The molecule has 0 spiro atoms. The molecule has 3 aliphatic heterocycles. The summed E-state index contributed by atoms with van der Waals surface area (Å²) in [4.78, 5) is 34.1. The number of pyridine rings is 1. The zero-order valence-corrected chi connectivity index (χ0v) is 28.6. The lowest BCUT2D eigenvalue weighted by Crippen LogP contribution is -2.47. The number of hydrogen-bond donors (Lipinski definition) is 2. The number of amides is 1. The van der Waals surface area contributed by atoms with Crippen LogP contribution in [0, 0.1) is 11.6 Å². The maximum Gasteiger partial charge on any atom is 0.434 e. The number of carbonyl (C=O) groups is 1. The highest BCUT2D eigenvalue weighted by Gasteiger charge is 2.49. The van der Waals surface area contributed by atoms with Gasteiger partial charge in [0.15, 0.2) is 5.82 Å². The molecule has 11 nitrogen and oxygen atoms in total. The van der Waals surface area contributed by atoms with E-state index in [0.29, 0.717) is 42.1 Å². The fourth-order valence-corrected chi connectivity index (χ4v) is 7.48. The lowest BCUT2D eigenvalue weighted by molar-refractivity contribution is -0.167. The van der Waals surface area contributed by atoms with Crippen molar-refractivity contribution in [3.8, 4) is 23.0 Å². The number of hydroxylamine groups is 2. The zero-order valence-electron chi connectivity index (χ0n) is 28.6. The van der Waals surface area contributed by atoms with E-state index in [1.54, 1.807) is 27.7 Å². The van der Waals surface area contributed by atoms with Crippen molar-refractivity contribution in [2.24, 2.45) is 0 Å². The zero-order chi connectivity index (χ0) is 35.4. The number of nitrogens with zero attached hydrogens (tertiary/aromatic N) is 5. The minimum atomic E-state index is -0.962. The largest absolute Gasteiger partial charge is 0.508 e. The lowest BCUT2D eigenvalue weighted by atomic mass is 9.94. The smallest absolute Gasteiger partial charge is 0.434 e. The van der Waals surface area contributed by atoms with Gasteiger partial charge in [-0.05, 0) is 87.5 Å². The van der Waals surface area contributed by atoms with Crippen LogP contribution in [-0.2, 0) is 16.0 Å².